The second-order valence-corrected chi connectivity index (χ2v) is 2.56. The molecule has 1 amide bonds. The third-order valence-corrected chi connectivity index (χ3v) is 1.58. The molecule has 0 aliphatic heterocycles. The Morgan fingerprint density at radius 3 is 2.40 bits per heavy atom. The Morgan fingerprint density at radius 1 is 1.33 bits per heavy atom. The van der Waals surface area contributed by atoms with E-state index in [1.165, 1.54) is 0 Å². The quantitative estimate of drug-likeness (QED) is 0.333. The third kappa shape index (κ3) is 2.06. The Bertz CT molecular complexity index is 446. The minimum atomic E-state index is -1.51. The van der Waals surface area contributed by atoms with Crippen LogP contribution in [-0.4, -0.2) is 16.8 Å². The minimum Gasteiger partial charge on any atom is -0.410 e. The molecule has 0 aliphatic carbocycles. The van der Waals surface area contributed by atoms with Crippen molar-refractivity contribution >= 4 is 11.6 Å². The smallest absolute Gasteiger partial charge is 0.271 e. The molecule has 0 bridgehead atoms. The fourth-order valence-electron chi connectivity index (χ4n) is 0.964. The van der Waals surface area contributed by atoms with Crippen molar-refractivity contribution in [3.63, 3.8) is 0 Å². The Hall–Kier alpha value is -2.05. The highest BCUT2D eigenvalue weighted by molar-refractivity contribution is 6.44. The first-order chi connectivity index (χ1) is 6.97. The molecule has 80 valence electrons. The van der Waals surface area contributed by atoms with Crippen molar-refractivity contribution in [3.05, 3.63) is 35.1 Å². The summed E-state index contributed by atoms with van der Waals surface area (Å²) in [6.07, 6.45) is 0. The lowest BCUT2D eigenvalue weighted by molar-refractivity contribution is -0.112. The van der Waals surface area contributed by atoms with E-state index in [1.54, 1.807) is 0 Å². The number of carbonyl (C=O) groups excluding carboxylic acids is 1. The predicted molar refractivity (Wildman–Crippen MR) is 43.8 cm³/mol. The number of nitrogens with two attached hydrogens (primary N) is 1. The molecule has 0 aromatic heterocycles. The highest BCUT2D eigenvalue weighted by atomic mass is 19.2. The Kier molecular flexibility index (Phi) is 2.93. The molecule has 0 aliphatic rings. The average Bonchev–Trinajstić information content (AvgIpc) is 2.13. The molecule has 0 spiro atoms. The van der Waals surface area contributed by atoms with Crippen molar-refractivity contribution in [2.24, 2.45) is 10.9 Å². The van der Waals surface area contributed by atoms with Crippen molar-refractivity contribution in [3.8, 4) is 0 Å². The molecule has 7 heteroatoms. The lowest BCUT2D eigenvalue weighted by Crippen LogP contribution is -2.25. The summed E-state index contributed by atoms with van der Waals surface area (Å²) in [5, 5.41) is 10.7. The van der Waals surface area contributed by atoms with Gasteiger partial charge in [0.05, 0.1) is 5.56 Å². The molecular weight excluding hydrogens is 213 g/mol. The summed E-state index contributed by atoms with van der Waals surface area (Å²) >= 11 is 0. The number of nitrogens with zero attached hydrogens (tertiary/aromatic N) is 1. The van der Waals surface area contributed by atoms with E-state index in [2.05, 4.69) is 5.16 Å². The number of benzene rings is 1. The zero-order chi connectivity index (χ0) is 11.6. The van der Waals surface area contributed by atoms with E-state index in [4.69, 9.17) is 10.9 Å². The van der Waals surface area contributed by atoms with Crippen LogP contribution in [0.1, 0.15) is 5.56 Å². The maximum atomic E-state index is 13.0. The predicted octanol–water partition coefficient (Wildman–Crippen LogP) is 0.768. The third-order valence-electron chi connectivity index (χ3n) is 1.58. The largest absolute Gasteiger partial charge is 0.410 e. The monoisotopic (exact) mass is 218 g/mol. The van der Waals surface area contributed by atoms with E-state index in [-0.39, 0.29) is 6.07 Å². The van der Waals surface area contributed by atoms with Crippen molar-refractivity contribution in [1.82, 2.24) is 0 Å². The summed E-state index contributed by atoms with van der Waals surface area (Å²) in [5.74, 6) is -5.44. The van der Waals surface area contributed by atoms with Crippen molar-refractivity contribution in [2.45, 2.75) is 0 Å². The molecular formula is C8H5F3N2O2. The molecule has 1 aromatic carbocycles. The van der Waals surface area contributed by atoms with Gasteiger partial charge in [-0.25, -0.2) is 13.2 Å². The van der Waals surface area contributed by atoms with Gasteiger partial charge in [0.1, 0.15) is 5.82 Å². The van der Waals surface area contributed by atoms with Crippen LogP contribution in [0.5, 0.6) is 0 Å². The molecule has 1 aromatic rings. The fraction of sp³-hybridized carbons (Fsp3) is 0. The van der Waals surface area contributed by atoms with Gasteiger partial charge in [-0.15, -0.1) is 0 Å². The molecule has 0 unspecified atom stereocenters. The number of carbonyl (C=O) groups is 1. The lowest BCUT2D eigenvalue weighted by Gasteiger charge is -2.03. The van der Waals surface area contributed by atoms with Gasteiger partial charge in [0.25, 0.3) is 5.91 Å². The molecule has 0 saturated heterocycles. The first kappa shape index (κ1) is 11.0. The van der Waals surface area contributed by atoms with Crippen molar-refractivity contribution < 1.29 is 23.2 Å². The molecule has 0 radical (unpaired) electrons. The highest BCUT2D eigenvalue weighted by Crippen LogP contribution is 2.15. The van der Waals surface area contributed by atoms with Gasteiger partial charge in [-0.3, -0.25) is 4.79 Å². The van der Waals surface area contributed by atoms with Crippen molar-refractivity contribution in [1.29, 1.82) is 0 Å². The Labute approximate surface area is 81.8 Å². The van der Waals surface area contributed by atoms with E-state index in [0.717, 1.165) is 0 Å². The van der Waals surface area contributed by atoms with Crippen LogP contribution < -0.4 is 5.73 Å². The van der Waals surface area contributed by atoms with E-state index in [0.29, 0.717) is 6.07 Å². The Morgan fingerprint density at radius 2 is 1.93 bits per heavy atom. The number of hydrogen-bond acceptors (Lipinski definition) is 3. The molecule has 0 heterocycles. The van der Waals surface area contributed by atoms with Gasteiger partial charge in [0.2, 0.25) is 0 Å². The van der Waals surface area contributed by atoms with E-state index >= 15 is 0 Å². The topological polar surface area (TPSA) is 75.7 Å². The Balaban J connectivity index is 3.43. The molecule has 0 saturated carbocycles. The van der Waals surface area contributed by atoms with Gasteiger partial charge in [0.15, 0.2) is 17.3 Å². The number of halogens is 3. The van der Waals surface area contributed by atoms with Gasteiger partial charge >= 0.3 is 0 Å². The maximum Gasteiger partial charge on any atom is 0.271 e. The summed E-state index contributed by atoms with van der Waals surface area (Å²) < 4.78 is 38.4. The standard InChI is InChI=1S/C8H5F3N2O2/c9-3-1-4(6(11)5(10)2-3)7(13-15)8(12)14/h1-2,15H,(H2,12,14). The normalized spacial score (nSPS) is 11.5. The summed E-state index contributed by atoms with van der Waals surface area (Å²) in [6, 6.07) is 0.785. The minimum absolute atomic E-state index is 0.287. The number of hydrogen-bond donors (Lipinski definition) is 2. The second kappa shape index (κ2) is 3.99. The molecule has 0 atom stereocenters. The molecule has 3 N–H and O–H groups in total. The lowest BCUT2D eigenvalue weighted by atomic mass is 10.1. The molecule has 0 fully saturated rings. The first-order valence-electron chi connectivity index (χ1n) is 3.64. The van der Waals surface area contributed by atoms with Crippen LogP contribution >= 0.6 is 0 Å². The van der Waals surface area contributed by atoms with Crippen LogP contribution in [0, 0.1) is 17.5 Å². The van der Waals surface area contributed by atoms with Crippen LogP contribution in [0.15, 0.2) is 17.3 Å². The maximum absolute atomic E-state index is 13.0. The van der Waals surface area contributed by atoms with Gasteiger partial charge in [-0.05, 0) is 6.07 Å². The second-order valence-electron chi connectivity index (χ2n) is 2.56. The number of oxime groups is 1. The van der Waals surface area contributed by atoms with Gasteiger partial charge in [-0.2, -0.15) is 0 Å². The number of primary amides is 1. The summed E-state index contributed by atoms with van der Waals surface area (Å²) in [4.78, 5) is 10.6. The molecule has 15 heavy (non-hydrogen) atoms. The van der Waals surface area contributed by atoms with Crippen LogP contribution in [0.2, 0.25) is 0 Å². The SMILES string of the molecule is NC(=O)C(=NO)c1cc(F)cc(F)c1F. The van der Waals surface area contributed by atoms with Gasteiger partial charge < -0.3 is 10.9 Å². The molecule has 1 rings (SSSR count). The van der Waals surface area contributed by atoms with Gasteiger partial charge in [-0.1, -0.05) is 5.16 Å². The van der Waals surface area contributed by atoms with E-state index in [1.807, 2.05) is 0 Å². The van der Waals surface area contributed by atoms with Crippen LogP contribution in [0.3, 0.4) is 0 Å². The fourth-order valence-corrected chi connectivity index (χ4v) is 0.964. The van der Waals surface area contributed by atoms with E-state index in [9.17, 15) is 18.0 Å². The zero-order valence-electron chi connectivity index (χ0n) is 7.17. The first-order valence-corrected chi connectivity index (χ1v) is 3.64. The average molecular weight is 218 g/mol. The highest BCUT2D eigenvalue weighted by Gasteiger charge is 2.20. The van der Waals surface area contributed by atoms with Crippen molar-refractivity contribution in [2.75, 3.05) is 0 Å². The zero-order valence-corrected chi connectivity index (χ0v) is 7.17. The van der Waals surface area contributed by atoms with Crippen LogP contribution in [0.25, 0.3) is 0 Å². The number of amides is 1. The summed E-state index contributed by atoms with van der Waals surface area (Å²) in [5.41, 5.74) is 2.92. The van der Waals surface area contributed by atoms with E-state index < -0.39 is 34.6 Å². The summed E-state index contributed by atoms with van der Waals surface area (Å²) in [6.45, 7) is 0. The van der Waals surface area contributed by atoms with Crippen LogP contribution in [-0.2, 0) is 4.79 Å². The van der Waals surface area contributed by atoms with Gasteiger partial charge in [0, 0.05) is 6.07 Å². The van der Waals surface area contributed by atoms with Crippen LogP contribution in [0.4, 0.5) is 13.2 Å². The molecule has 4 nitrogen and oxygen atoms in total. The summed E-state index contributed by atoms with van der Waals surface area (Å²) in [7, 11) is 0. The number of rotatable bonds is 2.